The zero-order valence-corrected chi connectivity index (χ0v) is 42.6. The number of hydrogen-bond acceptors (Lipinski definition) is 7. The minimum Gasteiger partial charge on any atom is -0.491 e. The molecule has 0 amide bonds. The van der Waals surface area contributed by atoms with Crippen LogP contribution in [0.1, 0.15) is 219 Å². The van der Waals surface area contributed by atoms with E-state index in [4.69, 9.17) is 18.9 Å². The second-order valence-corrected chi connectivity index (χ2v) is 20.0. The van der Waals surface area contributed by atoms with Gasteiger partial charge in [0.1, 0.15) is 36.9 Å². The van der Waals surface area contributed by atoms with Crippen molar-refractivity contribution in [1.82, 2.24) is 0 Å². The Kier molecular flexibility index (Phi) is 35.8. The van der Waals surface area contributed by atoms with Crippen LogP contribution in [0.3, 0.4) is 0 Å². The number of hydrogen-bond donors (Lipinski definition) is 2. The van der Waals surface area contributed by atoms with Gasteiger partial charge in [0.15, 0.2) is 0 Å². The van der Waals surface area contributed by atoms with Gasteiger partial charge in [0.05, 0.1) is 18.1 Å². The van der Waals surface area contributed by atoms with Crippen LogP contribution in [0.25, 0.3) is 10.8 Å². The van der Waals surface area contributed by atoms with E-state index in [2.05, 4.69) is 38.1 Å². The summed E-state index contributed by atoms with van der Waals surface area (Å²) in [4.78, 5) is 2.10. The van der Waals surface area contributed by atoms with Crippen LogP contribution in [0.4, 0.5) is 0 Å². The highest BCUT2D eigenvalue weighted by atomic mass is 32.2. The van der Waals surface area contributed by atoms with Crippen molar-refractivity contribution in [3.63, 3.8) is 0 Å². The first-order valence-corrected chi connectivity index (χ1v) is 28.0. The fraction of sp³-hybridized carbons (Fsp3) is 0.724. The molecule has 0 aliphatic carbocycles. The SMILES string of the molecule is CCCCCCCCCCCCCCCCCCOCC(O)COc1ccc2c(OCC(O)COCCCCCCCCCCCCCCCCCC)c(Sc3ccccc3)ccc2c1. The number of benzene rings is 3. The maximum Gasteiger partial charge on any atom is 0.141 e. The molecular formula is C58H96O6S. The van der Waals surface area contributed by atoms with Gasteiger partial charge in [-0.15, -0.1) is 0 Å². The van der Waals surface area contributed by atoms with Crippen LogP contribution in [-0.4, -0.2) is 62.1 Å². The van der Waals surface area contributed by atoms with Crippen molar-refractivity contribution >= 4 is 22.5 Å². The molecule has 370 valence electrons. The van der Waals surface area contributed by atoms with Crippen molar-refractivity contribution in [2.45, 2.75) is 241 Å². The Balaban J connectivity index is 1.26. The van der Waals surface area contributed by atoms with Crippen LogP contribution in [-0.2, 0) is 9.47 Å². The van der Waals surface area contributed by atoms with Crippen molar-refractivity contribution in [2.75, 3.05) is 39.6 Å². The van der Waals surface area contributed by atoms with Crippen LogP contribution in [0.2, 0.25) is 0 Å². The maximum atomic E-state index is 10.9. The van der Waals surface area contributed by atoms with E-state index in [0.717, 1.165) is 39.2 Å². The predicted octanol–water partition coefficient (Wildman–Crippen LogP) is 17.0. The molecule has 3 aromatic carbocycles. The third-order valence-corrected chi connectivity index (χ3v) is 13.7. The molecule has 0 aliphatic heterocycles. The van der Waals surface area contributed by atoms with E-state index in [-0.39, 0.29) is 26.4 Å². The predicted molar refractivity (Wildman–Crippen MR) is 278 cm³/mol. The first kappa shape index (κ1) is 57.0. The molecule has 0 aliphatic rings. The van der Waals surface area contributed by atoms with Gasteiger partial charge in [0.2, 0.25) is 0 Å². The lowest BCUT2D eigenvalue weighted by Crippen LogP contribution is -2.24. The summed E-state index contributed by atoms with van der Waals surface area (Å²) in [7, 11) is 0. The van der Waals surface area contributed by atoms with Crippen molar-refractivity contribution in [1.29, 1.82) is 0 Å². The van der Waals surface area contributed by atoms with Gasteiger partial charge >= 0.3 is 0 Å². The Hall–Kier alpha value is -2.29. The van der Waals surface area contributed by atoms with E-state index in [0.29, 0.717) is 19.0 Å². The molecule has 6 nitrogen and oxygen atoms in total. The molecule has 0 bridgehead atoms. The average Bonchev–Trinajstić information content (AvgIpc) is 3.32. The van der Waals surface area contributed by atoms with Gasteiger partial charge in [-0.25, -0.2) is 0 Å². The highest BCUT2D eigenvalue weighted by Gasteiger charge is 2.15. The van der Waals surface area contributed by atoms with E-state index in [1.165, 1.54) is 193 Å². The van der Waals surface area contributed by atoms with Crippen LogP contribution in [0.5, 0.6) is 11.5 Å². The minimum atomic E-state index is -0.726. The number of fused-ring (bicyclic) bond motifs is 1. The first-order chi connectivity index (χ1) is 32.1. The molecule has 7 heteroatoms. The smallest absolute Gasteiger partial charge is 0.141 e. The molecule has 0 spiro atoms. The second kappa shape index (κ2) is 40.7. The summed E-state index contributed by atoms with van der Waals surface area (Å²) in [6.45, 7) is 6.76. The molecule has 2 atom stereocenters. The number of ether oxygens (including phenoxy) is 4. The second-order valence-electron chi connectivity index (χ2n) is 18.9. The highest BCUT2D eigenvalue weighted by Crippen LogP contribution is 2.41. The van der Waals surface area contributed by atoms with E-state index in [1.54, 1.807) is 11.8 Å². The zero-order chi connectivity index (χ0) is 46.1. The first-order valence-electron chi connectivity index (χ1n) is 27.2. The highest BCUT2D eigenvalue weighted by molar-refractivity contribution is 7.99. The van der Waals surface area contributed by atoms with Crippen molar-refractivity contribution in [2.24, 2.45) is 0 Å². The van der Waals surface area contributed by atoms with Gasteiger partial charge in [-0.05, 0) is 54.6 Å². The zero-order valence-electron chi connectivity index (χ0n) is 41.7. The summed E-state index contributed by atoms with van der Waals surface area (Å²) in [5, 5.41) is 23.4. The number of aliphatic hydroxyl groups is 2. The standard InChI is InChI=1S/C58H96O6S/c1-3-5-7-9-11-13-15-17-19-21-23-25-27-29-31-36-44-61-47-52(59)49-63-54-41-42-56-51(46-54)40-43-57(65-55-38-34-33-35-39-55)58(56)64-50-53(60)48-62-45-37-32-30-28-26-24-22-20-18-16-14-12-10-8-6-4-2/h33-35,38-43,46,52-53,59-60H,3-32,36-37,44-45,47-50H2,1-2H3. The van der Waals surface area contributed by atoms with Gasteiger partial charge in [0.25, 0.3) is 0 Å². The lowest BCUT2D eigenvalue weighted by Gasteiger charge is -2.18. The van der Waals surface area contributed by atoms with Crippen LogP contribution < -0.4 is 9.47 Å². The maximum absolute atomic E-state index is 10.9. The Morgan fingerprint density at radius 2 is 0.815 bits per heavy atom. The number of rotatable bonds is 46. The van der Waals surface area contributed by atoms with Gasteiger partial charge in [-0.3, -0.25) is 0 Å². The van der Waals surface area contributed by atoms with Crippen molar-refractivity contribution < 1.29 is 29.2 Å². The summed E-state index contributed by atoms with van der Waals surface area (Å²) in [6.07, 6.45) is 41.8. The third-order valence-electron chi connectivity index (χ3n) is 12.6. The van der Waals surface area contributed by atoms with Gasteiger partial charge < -0.3 is 29.2 Å². The molecule has 0 heterocycles. The largest absolute Gasteiger partial charge is 0.491 e. The molecule has 0 aromatic heterocycles. The summed E-state index contributed by atoms with van der Waals surface area (Å²) in [6, 6.07) is 20.3. The summed E-state index contributed by atoms with van der Waals surface area (Å²) in [5.41, 5.74) is 0. The molecule has 2 N–H and O–H groups in total. The van der Waals surface area contributed by atoms with Crippen molar-refractivity contribution in [3.8, 4) is 11.5 Å². The monoisotopic (exact) mass is 921 g/mol. The summed E-state index contributed by atoms with van der Waals surface area (Å²) < 4.78 is 24.1. The van der Waals surface area contributed by atoms with Crippen LogP contribution in [0, 0.1) is 0 Å². The quantitative estimate of drug-likeness (QED) is 0.0547. The Bertz CT molecular complexity index is 1500. The van der Waals surface area contributed by atoms with Gasteiger partial charge in [-0.2, -0.15) is 0 Å². The van der Waals surface area contributed by atoms with E-state index >= 15 is 0 Å². The fourth-order valence-electron chi connectivity index (χ4n) is 8.61. The van der Waals surface area contributed by atoms with Crippen LogP contribution in [0.15, 0.2) is 70.5 Å². The molecule has 0 fully saturated rings. The Labute approximate surface area is 403 Å². The van der Waals surface area contributed by atoms with Crippen molar-refractivity contribution in [3.05, 3.63) is 60.7 Å². The van der Waals surface area contributed by atoms with E-state index < -0.39 is 12.2 Å². The molecular weight excluding hydrogens is 825 g/mol. The Morgan fingerprint density at radius 3 is 1.25 bits per heavy atom. The van der Waals surface area contributed by atoms with E-state index in [1.807, 2.05) is 36.4 Å². The minimum absolute atomic E-state index is 0.143. The average molecular weight is 921 g/mol. The molecule has 65 heavy (non-hydrogen) atoms. The lowest BCUT2D eigenvalue weighted by atomic mass is 10.0. The summed E-state index contributed by atoms with van der Waals surface area (Å²) >= 11 is 1.65. The molecule has 3 rings (SSSR count). The normalized spacial score (nSPS) is 12.6. The molecule has 3 aromatic rings. The van der Waals surface area contributed by atoms with Gasteiger partial charge in [0, 0.05) is 23.5 Å². The molecule has 0 saturated carbocycles. The fourth-order valence-corrected chi connectivity index (χ4v) is 9.55. The third kappa shape index (κ3) is 29.9. The van der Waals surface area contributed by atoms with Crippen LogP contribution >= 0.6 is 11.8 Å². The lowest BCUT2D eigenvalue weighted by molar-refractivity contribution is 0.0107. The Morgan fingerprint density at radius 1 is 0.415 bits per heavy atom. The summed E-state index contributed by atoms with van der Waals surface area (Å²) in [5.74, 6) is 1.42. The topological polar surface area (TPSA) is 77.4 Å². The molecule has 0 saturated heterocycles. The molecule has 2 unspecified atom stereocenters. The number of aliphatic hydroxyl groups excluding tert-OH is 2. The van der Waals surface area contributed by atoms with E-state index in [9.17, 15) is 10.2 Å². The number of unbranched alkanes of at least 4 members (excludes halogenated alkanes) is 30. The van der Waals surface area contributed by atoms with Gasteiger partial charge in [-0.1, -0.05) is 242 Å². The molecule has 0 radical (unpaired) electrons.